The minimum absolute atomic E-state index is 0.163. The zero-order chi connectivity index (χ0) is 18.0. The summed E-state index contributed by atoms with van der Waals surface area (Å²) in [5, 5.41) is 0.948. The predicted octanol–water partition coefficient (Wildman–Crippen LogP) is 2.67. The molecule has 0 unspecified atom stereocenters. The molecular weight excluding hydrogens is 336 g/mol. The maximum absolute atomic E-state index is 12.2. The fourth-order valence-electron chi connectivity index (χ4n) is 2.71. The number of aryl methyl sites for hydroxylation is 2. The number of nitrogens with one attached hydrogen (secondary N) is 2. The van der Waals surface area contributed by atoms with Gasteiger partial charge in [-0.3, -0.25) is 4.79 Å². The van der Waals surface area contributed by atoms with Crippen LogP contribution in [0, 0.1) is 13.8 Å². The van der Waals surface area contributed by atoms with Crippen molar-refractivity contribution >= 4 is 20.9 Å². The molecule has 1 aromatic heterocycles. The van der Waals surface area contributed by atoms with E-state index in [0.717, 1.165) is 22.0 Å². The third-order valence-corrected chi connectivity index (χ3v) is 5.75. The average molecular weight is 356 g/mol. The van der Waals surface area contributed by atoms with Crippen LogP contribution in [-0.2, 0) is 16.4 Å². The van der Waals surface area contributed by atoms with Gasteiger partial charge in [-0.25, -0.2) is 13.1 Å². The monoisotopic (exact) mass is 356 g/mol. The van der Waals surface area contributed by atoms with E-state index < -0.39 is 10.0 Å². The second kappa shape index (κ2) is 6.82. The van der Waals surface area contributed by atoms with Crippen LogP contribution in [0.2, 0.25) is 0 Å². The topological polar surface area (TPSA) is 79.0 Å². The molecule has 130 valence electrons. The van der Waals surface area contributed by atoms with Crippen molar-refractivity contribution in [1.82, 2.24) is 9.71 Å². The Kier molecular flexibility index (Phi) is 4.74. The molecule has 2 N–H and O–H groups in total. The minimum Gasteiger partial charge on any atom is -0.322 e. The van der Waals surface area contributed by atoms with E-state index in [4.69, 9.17) is 0 Å². The second-order valence-corrected chi connectivity index (χ2v) is 7.88. The highest BCUT2D eigenvalue weighted by atomic mass is 32.2. The van der Waals surface area contributed by atoms with Gasteiger partial charge in [-0.2, -0.15) is 0 Å². The largest absolute Gasteiger partial charge is 0.322 e. The minimum atomic E-state index is -3.56. The first-order valence-electron chi connectivity index (χ1n) is 8.05. The van der Waals surface area contributed by atoms with Gasteiger partial charge in [-0.05, 0) is 67.1 Å². The lowest BCUT2D eigenvalue weighted by atomic mass is 10.0. The van der Waals surface area contributed by atoms with Crippen LogP contribution in [0.25, 0.3) is 10.9 Å². The van der Waals surface area contributed by atoms with Crippen molar-refractivity contribution in [2.75, 3.05) is 6.54 Å². The van der Waals surface area contributed by atoms with Gasteiger partial charge >= 0.3 is 0 Å². The number of hydrogen-bond donors (Lipinski definition) is 2. The van der Waals surface area contributed by atoms with E-state index in [-0.39, 0.29) is 17.0 Å². The van der Waals surface area contributed by atoms with Crippen molar-refractivity contribution in [2.45, 2.75) is 25.2 Å². The van der Waals surface area contributed by atoms with Crippen molar-refractivity contribution in [3.8, 4) is 0 Å². The van der Waals surface area contributed by atoms with Gasteiger partial charge in [0.05, 0.1) is 4.90 Å². The summed E-state index contributed by atoms with van der Waals surface area (Å²) in [5.41, 5.74) is 3.43. The van der Waals surface area contributed by atoms with Gasteiger partial charge < -0.3 is 4.98 Å². The molecule has 0 aliphatic carbocycles. The van der Waals surface area contributed by atoms with Gasteiger partial charge in [-0.1, -0.05) is 18.2 Å². The molecule has 0 fully saturated rings. The summed E-state index contributed by atoms with van der Waals surface area (Å²) in [4.78, 5) is 15.3. The van der Waals surface area contributed by atoms with Gasteiger partial charge in [-0.15, -0.1) is 0 Å². The molecule has 0 bridgehead atoms. The first-order chi connectivity index (χ1) is 11.9. The van der Waals surface area contributed by atoms with Gasteiger partial charge in [0, 0.05) is 17.6 Å². The fourth-order valence-corrected chi connectivity index (χ4v) is 3.76. The summed E-state index contributed by atoms with van der Waals surface area (Å²) in [5.74, 6) is 0. The molecule has 2 aromatic carbocycles. The lowest BCUT2D eigenvalue weighted by Gasteiger charge is -2.08. The molecule has 6 heteroatoms. The Morgan fingerprint density at radius 1 is 1.00 bits per heavy atom. The molecule has 0 aliphatic heterocycles. The highest BCUT2D eigenvalue weighted by Crippen LogP contribution is 2.17. The molecule has 5 nitrogen and oxygen atoms in total. The van der Waals surface area contributed by atoms with Crippen LogP contribution in [0.4, 0.5) is 0 Å². The lowest BCUT2D eigenvalue weighted by molar-refractivity contribution is 0.581. The highest BCUT2D eigenvalue weighted by Gasteiger charge is 2.13. The summed E-state index contributed by atoms with van der Waals surface area (Å²) in [6, 6.07) is 14.0. The van der Waals surface area contributed by atoms with Crippen LogP contribution < -0.4 is 10.3 Å². The van der Waals surface area contributed by atoms with E-state index in [2.05, 4.69) is 9.71 Å². The number of aromatic amines is 1. The summed E-state index contributed by atoms with van der Waals surface area (Å²) in [6.07, 6.45) is 0.324. The number of benzene rings is 2. The fraction of sp³-hybridized carbons (Fsp3) is 0.211. The second-order valence-electron chi connectivity index (χ2n) is 6.11. The maximum Gasteiger partial charge on any atom is 0.251 e. The number of fused-ring (bicyclic) bond motifs is 1. The lowest BCUT2D eigenvalue weighted by Crippen LogP contribution is -2.27. The number of sulfonamides is 1. The van der Waals surface area contributed by atoms with Crippen molar-refractivity contribution < 1.29 is 8.42 Å². The van der Waals surface area contributed by atoms with E-state index in [0.29, 0.717) is 12.0 Å². The van der Waals surface area contributed by atoms with E-state index in [1.807, 2.05) is 32.0 Å². The van der Waals surface area contributed by atoms with Crippen molar-refractivity contribution in [1.29, 1.82) is 0 Å². The number of pyridine rings is 1. The van der Waals surface area contributed by atoms with Crippen LogP contribution >= 0.6 is 0 Å². The zero-order valence-corrected chi connectivity index (χ0v) is 15.0. The zero-order valence-electron chi connectivity index (χ0n) is 14.2. The van der Waals surface area contributed by atoms with E-state index in [9.17, 15) is 13.2 Å². The molecule has 1 heterocycles. The summed E-state index contributed by atoms with van der Waals surface area (Å²) in [7, 11) is -3.56. The maximum atomic E-state index is 12.2. The molecule has 0 radical (unpaired) electrons. The predicted molar refractivity (Wildman–Crippen MR) is 99.4 cm³/mol. The standard InChI is InChI=1S/C19H20N2O3S/c1-13-10-16-12-15(19(22)21-18(16)11-14(13)2)8-9-20-25(23,24)17-6-4-3-5-7-17/h3-7,10-12,20H,8-9H2,1-2H3,(H,21,22). The van der Waals surface area contributed by atoms with Crippen molar-refractivity contribution in [3.63, 3.8) is 0 Å². The highest BCUT2D eigenvalue weighted by molar-refractivity contribution is 7.89. The summed E-state index contributed by atoms with van der Waals surface area (Å²) >= 11 is 0. The molecule has 0 spiro atoms. The Bertz CT molecular complexity index is 1070. The Hall–Kier alpha value is -2.44. The molecule has 0 amide bonds. The summed E-state index contributed by atoms with van der Waals surface area (Å²) < 4.78 is 26.9. The SMILES string of the molecule is Cc1cc2cc(CCNS(=O)(=O)c3ccccc3)c(=O)[nH]c2cc1C. The third-order valence-electron chi connectivity index (χ3n) is 4.28. The van der Waals surface area contributed by atoms with Crippen LogP contribution in [0.15, 0.2) is 58.2 Å². The quantitative estimate of drug-likeness (QED) is 0.738. The molecular formula is C19H20N2O3S. The average Bonchev–Trinajstić information content (AvgIpc) is 2.58. The molecule has 3 aromatic rings. The third kappa shape index (κ3) is 3.81. The van der Waals surface area contributed by atoms with E-state index >= 15 is 0 Å². The molecule has 0 saturated carbocycles. The van der Waals surface area contributed by atoms with Crippen molar-refractivity contribution in [2.24, 2.45) is 0 Å². The van der Waals surface area contributed by atoms with Crippen LogP contribution in [-0.4, -0.2) is 19.9 Å². The normalized spacial score (nSPS) is 11.8. The van der Waals surface area contributed by atoms with E-state index in [1.165, 1.54) is 12.1 Å². The first kappa shape index (κ1) is 17.4. The Balaban J connectivity index is 1.78. The molecule has 0 atom stereocenters. The van der Waals surface area contributed by atoms with Crippen LogP contribution in [0.3, 0.4) is 0 Å². The van der Waals surface area contributed by atoms with Gasteiger partial charge in [0.15, 0.2) is 0 Å². The number of hydrogen-bond acceptors (Lipinski definition) is 3. The van der Waals surface area contributed by atoms with Crippen molar-refractivity contribution in [3.05, 3.63) is 75.6 Å². The molecule has 0 aliphatic rings. The van der Waals surface area contributed by atoms with Gasteiger partial charge in [0.25, 0.3) is 5.56 Å². The Morgan fingerprint density at radius 3 is 2.40 bits per heavy atom. The Morgan fingerprint density at radius 2 is 1.68 bits per heavy atom. The van der Waals surface area contributed by atoms with E-state index in [1.54, 1.807) is 18.2 Å². The molecule has 25 heavy (non-hydrogen) atoms. The molecule has 3 rings (SSSR count). The van der Waals surface area contributed by atoms with Crippen LogP contribution in [0.1, 0.15) is 16.7 Å². The molecule has 0 saturated heterocycles. The number of rotatable bonds is 5. The first-order valence-corrected chi connectivity index (χ1v) is 9.53. The van der Waals surface area contributed by atoms with Crippen LogP contribution in [0.5, 0.6) is 0 Å². The van der Waals surface area contributed by atoms with Gasteiger partial charge in [0.1, 0.15) is 0 Å². The Labute approximate surface area is 146 Å². The number of aromatic nitrogens is 1. The summed E-state index contributed by atoms with van der Waals surface area (Å²) in [6.45, 7) is 4.18. The number of H-pyrrole nitrogens is 1. The van der Waals surface area contributed by atoms with Gasteiger partial charge in [0.2, 0.25) is 10.0 Å². The smallest absolute Gasteiger partial charge is 0.251 e.